The number of nitrogens with one attached hydrogen (secondary N) is 2. The van der Waals surface area contributed by atoms with E-state index in [1.807, 2.05) is 0 Å². The van der Waals surface area contributed by atoms with Crippen molar-refractivity contribution in [2.24, 2.45) is 0 Å². The van der Waals surface area contributed by atoms with E-state index >= 15 is 0 Å². The van der Waals surface area contributed by atoms with Crippen LogP contribution in [0.5, 0.6) is 0 Å². The number of hydrogen-bond acceptors (Lipinski definition) is 5. The molecule has 0 spiro atoms. The predicted molar refractivity (Wildman–Crippen MR) is 93.8 cm³/mol. The van der Waals surface area contributed by atoms with Crippen molar-refractivity contribution in [1.82, 2.24) is 19.7 Å². The molecule has 0 atom stereocenters. The number of aromatic amines is 1. The second-order valence-corrected chi connectivity index (χ2v) is 5.91. The highest BCUT2D eigenvalue weighted by Crippen LogP contribution is 2.18. The van der Waals surface area contributed by atoms with Gasteiger partial charge in [0, 0.05) is 5.69 Å². The van der Waals surface area contributed by atoms with Crippen LogP contribution in [0.1, 0.15) is 10.6 Å². The van der Waals surface area contributed by atoms with Gasteiger partial charge >= 0.3 is 0 Å². The summed E-state index contributed by atoms with van der Waals surface area (Å²) >= 11 is 3.16. The number of halogens is 1. The number of nitrogens with zero attached hydrogens (tertiary/aromatic N) is 3. The van der Waals surface area contributed by atoms with Crippen LogP contribution >= 0.6 is 15.9 Å². The molecule has 0 saturated heterocycles. The smallest absolute Gasteiger partial charge is 0.291 e. The number of fused-ring (bicyclic) bond motifs is 1. The van der Waals surface area contributed by atoms with Crippen molar-refractivity contribution in [1.29, 1.82) is 0 Å². The number of carbonyl (C=O) groups excluding carboxylic acids is 1. The second-order valence-electron chi connectivity index (χ2n) is 5.13. The van der Waals surface area contributed by atoms with Gasteiger partial charge in [-0.25, -0.2) is 9.67 Å². The van der Waals surface area contributed by atoms with Gasteiger partial charge < -0.3 is 14.7 Å². The van der Waals surface area contributed by atoms with Crippen LogP contribution in [-0.4, -0.2) is 25.7 Å². The van der Waals surface area contributed by atoms with Crippen molar-refractivity contribution in [3.8, 4) is 5.69 Å². The normalized spacial score (nSPS) is 10.9. The third kappa shape index (κ3) is 2.85. The number of benzene rings is 1. The Morgan fingerprint density at radius 2 is 2.00 bits per heavy atom. The summed E-state index contributed by atoms with van der Waals surface area (Å²) in [6.45, 7) is 0. The number of amides is 1. The molecule has 0 saturated carbocycles. The fourth-order valence-corrected chi connectivity index (χ4v) is 2.67. The summed E-state index contributed by atoms with van der Waals surface area (Å²) in [4.78, 5) is 30.4. The van der Waals surface area contributed by atoms with E-state index in [-0.39, 0.29) is 17.2 Å². The van der Waals surface area contributed by atoms with E-state index in [1.165, 1.54) is 12.5 Å². The Hall–Kier alpha value is -3.20. The molecule has 3 heterocycles. The van der Waals surface area contributed by atoms with E-state index < -0.39 is 0 Å². The van der Waals surface area contributed by atoms with Crippen molar-refractivity contribution in [2.75, 3.05) is 5.32 Å². The lowest BCUT2D eigenvalue weighted by Gasteiger charge is -2.06. The van der Waals surface area contributed by atoms with Crippen LogP contribution in [0.25, 0.3) is 16.7 Å². The molecular weight excluding hydrogens is 390 g/mol. The molecular formula is C16H10BrN5O3. The zero-order valence-electron chi connectivity index (χ0n) is 12.6. The number of hydrogen-bond donors (Lipinski definition) is 2. The molecule has 4 rings (SSSR count). The molecule has 25 heavy (non-hydrogen) atoms. The largest absolute Gasteiger partial charge is 0.444 e. The van der Waals surface area contributed by atoms with Gasteiger partial charge in [0.2, 0.25) is 0 Å². The molecule has 0 bridgehead atoms. The molecule has 0 aliphatic carbocycles. The van der Waals surface area contributed by atoms with E-state index in [0.717, 1.165) is 0 Å². The maximum absolute atomic E-state index is 12.1. The first kappa shape index (κ1) is 15.3. The van der Waals surface area contributed by atoms with Crippen LogP contribution in [0, 0.1) is 0 Å². The Kier molecular flexibility index (Phi) is 3.69. The summed E-state index contributed by atoms with van der Waals surface area (Å²) in [6.07, 6.45) is 2.80. The number of aromatic nitrogens is 4. The summed E-state index contributed by atoms with van der Waals surface area (Å²) in [6, 6.07) is 10.2. The van der Waals surface area contributed by atoms with Gasteiger partial charge in [0.15, 0.2) is 16.1 Å². The van der Waals surface area contributed by atoms with Gasteiger partial charge in [-0.1, -0.05) is 0 Å². The minimum absolute atomic E-state index is 0.206. The van der Waals surface area contributed by atoms with Crippen LogP contribution in [0.2, 0.25) is 0 Å². The zero-order chi connectivity index (χ0) is 17.4. The van der Waals surface area contributed by atoms with Gasteiger partial charge in [-0.05, 0) is 52.3 Å². The molecule has 1 aromatic carbocycles. The molecule has 3 aromatic heterocycles. The van der Waals surface area contributed by atoms with Crippen molar-refractivity contribution in [3.63, 3.8) is 0 Å². The number of carbonyl (C=O) groups is 1. The Morgan fingerprint density at radius 1 is 1.20 bits per heavy atom. The van der Waals surface area contributed by atoms with Crippen molar-refractivity contribution >= 4 is 38.6 Å². The van der Waals surface area contributed by atoms with Crippen LogP contribution in [0.4, 0.5) is 5.69 Å². The fourth-order valence-electron chi connectivity index (χ4n) is 2.36. The molecule has 4 aromatic rings. The number of anilines is 1. The molecule has 124 valence electrons. The minimum Gasteiger partial charge on any atom is -0.444 e. The van der Waals surface area contributed by atoms with Gasteiger partial charge in [0.05, 0.1) is 18.2 Å². The monoisotopic (exact) mass is 399 g/mol. The molecule has 1 amide bonds. The Labute approximate surface area is 148 Å². The van der Waals surface area contributed by atoms with Crippen LogP contribution < -0.4 is 10.9 Å². The van der Waals surface area contributed by atoms with Crippen LogP contribution in [0.15, 0.2) is 62.8 Å². The van der Waals surface area contributed by atoms with Gasteiger partial charge in [0.25, 0.3) is 11.5 Å². The highest BCUT2D eigenvalue weighted by molar-refractivity contribution is 9.10. The van der Waals surface area contributed by atoms with Crippen molar-refractivity contribution < 1.29 is 9.21 Å². The summed E-state index contributed by atoms with van der Waals surface area (Å²) in [5.41, 5.74) is 1.53. The van der Waals surface area contributed by atoms with Gasteiger partial charge in [-0.3, -0.25) is 9.59 Å². The molecule has 0 radical (unpaired) electrons. The molecule has 9 heteroatoms. The minimum atomic E-state index is -0.351. The second kappa shape index (κ2) is 6.02. The van der Waals surface area contributed by atoms with Gasteiger partial charge in [-0.15, -0.1) is 0 Å². The van der Waals surface area contributed by atoms with Crippen LogP contribution in [0.3, 0.4) is 0 Å². The summed E-state index contributed by atoms with van der Waals surface area (Å²) in [5, 5.41) is 7.34. The predicted octanol–water partition coefficient (Wildman–Crippen LogP) is 2.72. The zero-order valence-corrected chi connectivity index (χ0v) is 14.1. The summed E-state index contributed by atoms with van der Waals surface area (Å²) in [5.74, 6) is -0.145. The molecule has 8 nitrogen and oxygen atoms in total. The molecule has 2 N–H and O–H groups in total. The third-order valence-corrected chi connectivity index (χ3v) is 3.96. The first-order valence-corrected chi connectivity index (χ1v) is 8.00. The van der Waals surface area contributed by atoms with E-state index in [2.05, 4.69) is 36.3 Å². The molecule has 0 unspecified atom stereocenters. The molecule has 0 aliphatic rings. The lowest BCUT2D eigenvalue weighted by atomic mass is 10.2. The SMILES string of the molecule is O=C(Nc1ccc(-n2ncc3c(=O)[nH]cnc32)cc1)c1ccc(Br)o1. The van der Waals surface area contributed by atoms with E-state index in [4.69, 9.17) is 4.42 Å². The first-order chi connectivity index (χ1) is 12.1. The standard InChI is InChI=1S/C16H10BrN5O3/c17-13-6-5-12(25-13)16(24)21-9-1-3-10(4-2-9)22-14-11(7-20-22)15(23)19-8-18-14/h1-8H,(H,21,24)(H,18,19,23). The van der Waals surface area contributed by atoms with E-state index in [9.17, 15) is 9.59 Å². The maximum Gasteiger partial charge on any atom is 0.291 e. The fraction of sp³-hybridized carbons (Fsp3) is 0. The van der Waals surface area contributed by atoms with Gasteiger partial charge in [-0.2, -0.15) is 5.10 Å². The Morgan fingerprint density at radius 3 is 2.72 bits per heavy atom. The Balaban J connectivity index is 1.60. The average molecular weight is 400 g/mol. The Bertz CT molecular complexity index is 1130. The highest BCUT2D eigenvalue weighted by atomic mass is 79.9. The van der Waals surface area contributed by atoms with Crippen LogP contribution in [-0.2, 0) is 0 Å². The quantitative estimate of drug-likeness (QED) is 0.550. The summed E-state index contributed by atoms with van der Waals surface area (Å²) in [7, 11) is 0. The lowest BCUT2D eigenvalue weighted by Crippen LogP contribution is -2.11. The van der Waals surface area contributed by atoms with Gasteiger partial charge in [0.1, 0.15) is 5.39 Å². The number of H-pyrrole nitrogens is 1. The topological polar surface area (TPSA) is 106 Å². The number of rotatable bonds is 3. The van der Waals surface area contributed by atoms with Crippen molar-refractivity contribution in [3.05, 3.63) is 69.7 Å². The lowest BCUT2D eigenvalue weighted by molar-refractivity contribution is 0.0995. The maximum atomic E-state index is 12.1. The summed E-state index contributed by atoms with van der Waals surface area (Å²) < 4.78 is 7.25. The van der Waals surface area contributed by atoms with E-state index in [1.54, 1.807) is 41.1 Å². The van der Waals surface area contributed by atoms with Crippen molar-refractivity contribution in [2.45, 2.75) is 0 Å². The highest BCUT2D eigenvalue weighted by Gasteiger charge is 2.12. The first-order valence-electron chi connectivity index (χ1n) is 7.20. The molecule has 0 fully saturated rings. The molecule has 0 aliphatic heterocycles. The average Bonchev–Trinajstić information content (AvgIpc) is 3.23. The third-order valence-electron chi connectivity index (χ3n) is 3.54. The number of furan rings is 1. The van der Waals surface area contributed by atoms with E-state index in [0.29, 0.717) is 27.1 Å².